The lowest BCUT2D eigenvalue weighted by atomic mass is 10.1. The van der Waals surface area contributed by atoms with Crippen molar-refractivity contribution in [3.05, 3.63) is 58.6 Å². The number of halogens is 4. The number of anilines is 2. The lowest BCUT2D eigenvalue weighted by Crippen LogP contribution is -2.31. The molecule has 0 radical (unpaired) electrons. The van der Waals surface area contributed by atoms with E-state index in [0.29, 0.717) is 0 Å². The highest BCUT2D eigenvalue weighted by Gasteiger charge is 2.30. The first kappa shape index (κ1) is 21.8. The van der Waals surface area contributed by atoms with Gasteiger partial charge in [-0.25, -0.2) is 13.2 Å². The predicted octanol–water partition coefficient (Wildman–Crippen LogP) is 4.61. The highest BCUT2D eigenvalue weighted by Crippen LogP contribution is 2.31. The van der Waals surface area contributed by atoms with E-state index in [1.807, 2.05) is 0 Å². The van der Waals surface area contributed by atoms with Crippen LogP contribution in [0.5, 0.6) is 0 Å². The Bertz CT molecular complexity index is 981. The number of sulfonamides is 1. The molecule has 0 aliphatic rings. The summed E-state index contributed by atoms with van der Waals surface area (Å²) in [7, 11) is -3.51. The normalized spacial score (nSPS) is 12.9. The zero-order valence-corrected chi connectivity index (χ0v) is 16.3. The van der Waals surface area contributed by atoms with Crippen molar-refractivity contribution in [1.29, 1.82) is 0 Å². The number of carbonyl (C=O) groups is 1. The zero-order valence-electron chi connectivity index (χ0n) is 14.8. The molecule has 1 unspecified atom stereocenters. The fraction of sp³-hybridized carbons (Fsp3) is 0.235. The summed E-state index contributed by atoms with van der Waals surface area (Å²) in [6, 6.07) is 7.43. The van der Waals surface area contributed by atoms with Gasteiger partial charge in [-0.1, -0.05) is 23.7 Å². The first-order valence-electron chi connectivity index (χ1n) is 7.87. The van der Waals surface area contributed by atoms with Crippen molar-refractivity contribution in [2.75, 3.05) is 16.3 Å². The summed E-state index contributed by atoms with van der Waals surface area (Å²) in [6.45, 7) is 1.54. The molecule has 1 atom stereocenters. The van der Waals surface area contributed by atoms with Crippen LogP contribution in [0, 0.1) is 0 Å². The Kier molecular flexibility index (Phi) is 6.45. The fourth-order valence-corrected chi connectivity index (χ4v) is 3.17. The van der Waals surface area contributed by atoms with Crippen LogP contribution in [-0.2, 0) is 16.2 Å². The van der Waals surface area contributed by atoms with Crippen LogP contribution in [-0.4, -0.2) is 20.7 Å². The van der Waals surface area contributed by atoms with Crippen molar-refractivity contribution < 1.29 is 26.4 Å². The zero-order chi connectivity index (χ0) is 21.1. The molecule has 0 aromatic heterocycles. The Labute approximate surface area is 165 Å². The Hall–Kier alpha value is -2.46. The van der Waals surface area contributed by atoms with Crippen molar-refractivity contribution >= 4 is 39.0 Å². The van der Waals surface area contributed by atoms with E-state index in [-0.39, 0.29) is 22.0 Å². The van der Waals surface area contributed by atoms with Crippen molar-refractivity contribution in [1.82, 2.24) is 5.32 Å². The summed E-state index contributed by atoms with van der Waals surface area (Å²) in [5.41, 5.74) is -0.0965. The quantitative estimate of drug-likeness (QED) is 0.640. The summed E-state index contributed by atoms with van der Waals surface area (Å²) in [5.74, 6) is 0. The Morgan fingerprint density at radius 1 is 1.14 bits per heavy atom. The first-order chi connectivity index (χ1) is 12.8. The molecule has 152 valence electrons. The summed E-state index contributed by atoms with van der Waals surface area (Å²) < 4.78 is 63.1. The maximum absolute atomic E-state index is 12.8. The van der Waals surface area contributed by atoms with E-state index in [9.17, 15) is 26.4 Å². The number of hydrogen-bond acceptors (Lipinski definition) is 3. The minimum atomic E-state index is -4.48. The van der Waals surface area contributed by atoms with Gasteiger partial charge in [0.25, 0.3) is 0 Å². The molecule has 0 aliphatic carbocycles. The average molecular weight is 436 g/mol. The van der Waals surface area contributed by atoms with E-state index in [1.54, 1.807) is 6.92 Å². The van der Waals surface area contributed by atoms with Gasteiger partial charge in [0.2, 0.25) is 10.0 Å². The largest absolute Gasteiger partial charge is 0.416 e. The van der Waals surface area contributed by atoms with Crippen LogP contribution >= 0.6 is 11.6 Å². The van der Waals surface area contributed by atoms with Crippen LogP contribution in [0.3, 0.4) is 0 Å². The molecule has 11 heteroatoms. The summed E-state index contributed by atoms with van der Waals surface area (Å²) >= 11 is 5.98. The van der Waals surface area contributed by atoms with Crippen LogP contribution in [0.25, 0.3) is 0 Å². The molecule has 2 amide bonds. The maximum atomic E-state index is 12.8. The van der Waals surface area contributed by atoms with Crippen molar-refractivity contribution in [2.45, 2.75) is 19.1 Å². The third kappa shape index (κ3) is 6.31. The van der Waals surface area contributed by atoms with E-state index >= 15 is 0 Å². The van der Waals surface area contributed by atoms with Gasteiger partial charge >= 0.3 is 12.2 Å². The van der Waals surface area contributed by atoms with Gasteiger partial charge < -0.3 is 10.6 Å². The molecular weight excluding hydrogens is 419 g/mol. The van der Waals surface area contributed by atoms with Gasteiger partial charge in [-0.2, -0.15) is 13.2 Å². The van der Waals surface area contributed by atoms with E-state index < -0.39 is 33.8 Å². The maximum Gasteiger partial charge on any atom is 0.416 e. The van der Waals surface area contributed by atoms with E-state index in [4.69, 9.17) is 11.6 Å². The van der Waals surface area contributed by atoms with Gasteiger partial charge in [-0.05, 0) is 42.8 Å². The van der Waals surface area contributed by atoms with Crippen LogP contribution < -0.4 is 15.4 Å². The Morgan fingerprint density at radius 2 is 1.82 bits per heavy atom. The number of carbonyl (C=O) groups excluding carboxylic acids is 1. The Balaban J connectivity index is 2.05. The van der Waals surface area contributed by atoms with Gasteiger partial charge in [0.1, 0.15) is 0 Å². The van der Waals surface area contributed by atoms with Crippen molar-refractivity contribution in [3.63, 3.8) is 0 Å². The van der Waals surface area contributed by atoms with Crippen LogP contribution in [0.1, 0.15) is 24.1 Å². The number of nitrogens with one attached hydrogen (secondary N) is 3. The second-order valence-corrected chi connectivity index (χ2v) is 8.17. The third-order valence-corrected chi connectivity index (χ3v) is 4.49. The molecule has 3 N–H and O–H groups in total. The molecule has 2 rings (SSSR count). The molecule has 0 saturated heterocycles. The molecule has 6 nitrogen and oxygen atoms in total. The van der Waals surface area contributed by atoms with Gasteiger partial charge in [0.15, 0.2) is 0 Å². The highest BCUT2D eigenvalue weighted by molar-refractivity contribution is 7.92. The second kappa shape index (κ2) is 8.27. The number of urea groups is 1. The minimum absolute atomic E-state index is 0.0640. The minimum Gasteiger partial charge on any atom is -0.331 e. The Morgan fingerprint density at radius 3 is 2.39 bits per heavy atom. The predicted molar refractivity (Wildman–Crippen MR) is 102 cm³/mol. The van der Waals surface area contributed by atoms with Crippen molar-refractivity contribution in [2.24, 2.45) is 0 Å². The molecular formula is C17H17ClF3N3O3S. The van der Waals surface area contributed by atoms with E-state index in [2.05, 4.69) is 15.4 Å². The first-order valence-corrected chi connectivity index (χ1v) is 10.1. The average Bonchev–Trinajstić information content (AvgIpc) is 2.55. The molecule has 0 saturated carbocycles. The van der Waals surface area contributed by atoms with Crippen LogP contribution in [0.2, 0.25) is 5.02 Å². The van der Waals surface area contributed by atoms with Crippen LogP contribution in [0.4, 0.5) is 29.3 Å². The standard InChI is InChI=1S/C17H17ClF3N3O3S/c1-10(11-4-3-5-12(8-11)17(19,20)21)22-16(25)23-13-6-7-15(14(18)9-13)24-28(2,26)27/h3-10,24H,1-2H3,(H2,22,23,25). The monoisotopic (exact) mass is 435 g/mol. The smallest absolute Gasteiger partial charge is 0.331 e. The lowest BCUT2D eigenvalue weighted by Gasteiger charge is -2.17. The number of rotatable bonds is 5. The number of hydrogen-bond donors (Lipinski definition) is 3. The molecule has 0 bridgehead atoms. The van der Waals surface area contributed by atoms with Gasteiger partial charge in [0.05, 0.1) is 28.6 Å². The highest BCUT2D eigenvalue weighted by atomic mass is 35.5. The van der Waals surface area contributed by atoms with E-state index in [0.717, 1.165) is 18.4 Å². The second-order valence-electron chi connectivity index (χ2n) is 6.01. The third-order valence-electron chi connectivity index (χ3n) is 3.58. The molecule has 0 fully saturated rings. The summed E-state index contributed by atoms with van der Waals surface area (Å²) in [5, 5.41) is 5.07. The van der Waals surface area contributed by atoms with Crippen LogP contribution in [0.15, 0.2) is 42.5 Å². The molecule has 0 aliphatic heterocycles. The number of amides is 2. The van der Waals surface area contributed by atoms with Gasteiger partial charge in [-0.15, -0.1) is 0 Å². The summed E-state index contributed by atoms with van der Waals surface area (Å²) in [6.07, 6.45) is -3.51. The molecule has 2 aromatic rings. The topological polar surface area (TPSA) is 87.3 Å². The fourth-order valence-electron chi connectivity index (χ4n) is 2.31. The van der Waals surface area contributed by atoms with Gasteiger partial charge in [-0.3, -0.25) is 4.72 Å². The number of benzene rings is 2. The summed E-state index contributed by atoms with van der Waals surface area (Å²) in [4.78, 5) is 12.1. The molecule has 0 heterocycles. The molecule has 2 aromatic carbocycles. The van der Waals surface area contributed by atoms with E-state index in [1.165, 1.54) is 30.3 Å². The van der Waals surface area contributed by atoms with Gasteiger partial charge in [0, 0.05) is 5.69 Å². The number of alkyl halides is 3. The molecule has 28 heavy (non-hydrogen) atoms. The SMILES string of the molecule is CC(NC(=O)Nc1ccc(NS(C)(=O)=O)c(Cl)c1)c1cccc(C(F)(F)F)c1. The molecule has 0 spiro atoms. The lowest BCUT2D eigenvalue weighted by molar-refractivity contribution is -0.137. The van der Waals surface area contributed by atoms with Crippen molar-refractivity contribution in [3.8, 4) is 0 Å².